The molecule has 0 fully saturated rings. The zero-order valence-electron chi connectivity index (χ0n) is 79.4. The summed E-state index contributed by atoms with van der Waals surface area (Å²) < 4.78 is 5.42. The van der Waals surface area contributed by atoms with Gasteiger partial charge in [0.2, 0.25) is 0 Å². The Balaban J connectivity index is 0.000000141. The fourth-order valence-corrected chi connectivity index (χ4v) is 17.5. The lowest BCUT2D eigenvalue weighted by atomic mass is 10.1. The van der Waals surface area contributed by atoms with Crippen molar-refractivity contribution in [3.63, 3.8) is 0 Å². The summed E-state index contributed by atoms with van der Waals surface area (Å²) in [6.45, 7) is 22.0. The van der Waals surface area contributed by atoms with Crippen molar-refractivity contribution < 1.29 is 62.5 Å². The van der Waals surface area contributed by atoms with E-state index in [0.717, 1.165) is 162 Å². The van der Waals surface area contributed by atoms with Crippen molar-refractivity contribution in [2.24, 2.45) is 35.4 Å². The number of benzene rings is 12. The first kappa shape index (κ1) is 101. The van der Waals surface area contributed by atoms with Crippen LogP contribution in [0.25, 0.3) is 36.5 Å². The average Bonchev–Trinajstić information content (AvgIpc) is 1.70. The Morgan fingerprint density at radius 3 is 0.705 bits per heavy atom. The molecule has 6 aliphatic heterocycles. The van der Waals surface area contributed by atoms with Crippen LogP contribution in [0.2, 0.25) is 0 Å². The fraction of sp³-hybridized carbons (Fsp3) is 0.211. The number of hydrogen-bond acceptors (Lipinski definition) is 25. The number of carbonyl (C=O) groups is 6. The number of anilines is 6. The van der Waals surface area contributed by atoms with E-state index < -0.39 is 35.8 Å². The van der Waals surface area contributed by atoms with Gasteiger partial charge in [-0.3, -0.25) is 0 Å². The molecule has 25 heteroatoms. The van der Waals surface area contributed by atoms with Gasteiger partial charge in [-0.05, 0) is 294 Å². The second kappa shape index (κ2) is 50.2. The molecule has 0 unspecified atom stereocenters. The van der Waals surface area contributed by atoms with E-state index in [1.807, 2.05) is 49.4 Å². The minimum absolute atomic E-state index is 0.549. The minimum atomic E-state index is -0.560. The number of hydrogen-bond donors (Lipinski definition) is 6. The molecule has 6 aliphatic rings. The number of aryl methyl sites for hydroxylation is 5. The van der Waals surface area contributed by atoms with E-state index in [2.05, 4.69) is 298 Å². The monoisotopic (exact) mass is 1860 g/mol. The third-order valence-corrected chi connectivity index (χ3v) is 24.7. The quantitative estimate of drug-likeness (QED) is 0.0229. The Kier molecular flexibility index (Phi) is 36.4. The van der Waals surface area contributed by atoms with Gasteiger partial charge >= 0.3 is 35.8 Å². The van der Waals surface area contributed by atoms with E-state index in [9.17, 15) is 28.8 Å². The Hall–Kier alpha value is -15.7. The molecule has 0 aromatic heterocycles. The maximum absolute atomic E-state index is 11.1. The van der Waals surface area contributed by atoms with Crippen molar-refractivity contribution in [3.05, 3.63) is 419 Å². The van der Waals surface area contributed by atoms with Crippen LogP contribution in [-0.2, 0) is 136 Å². The maximum Gasteiger partial charge on any atom is 0.349 e. The molecule has 0 saturated heterocycles. The molecule has 0 atom stereocenters. The molecule has 12 aromatic rings. The van der Waals surface area contributed by atoms with Crippen LogP contribution in [0.5, 0.6) is 5.75 Å². The highest BCUT2D eigenvalue weighted by atomic mass is 16.7. The molecule has 0 radical (unpaired) electrons. The van der Waals surface area contributed by atoms with Crippen LogP contribution in [0.1, 0.15) is 128 Å². The van der Waals surface area contributed by atoms with E-state index in [1.165, 1.54) is 160 Å². The van der Waals surface area contributed by atoms with Gasteiger partial charge in [-0.25, -0.2) is 28.8 Å². The highest BCUT2D eigenvalue weighted by Crippen LogP contribution is 2.38. The van der Waals surface area contributed by atoms with E-state index in [-0.39, 0.29) is 0 Å². The van der Waals surface area contributed by atoms with Gasteiger partial charge < -0.3 is 63.2 Å². The Morgan fingerprint density at radius 1 is 0.245 bits per heavy atom. The smallest absolute Gasteiger partial charge is 0.349 e. The number of rotatable bonds is 25. The zero-order chi connectivity index (χ0) is 98.1. The van der Waals surface area contributed by atoms with Gasteiger partial charge in [-0.15, -0.1) is 0 Å². The number of ether oxygens (including phenoxy) is 1. The van der Waals surface area contributed by atoms with Gasteiger partial charge in [0.1, 0.15) is 5.75 Å². The van der Waals surface area contributed by atoms with Crippen LogP contribution in [0.15, 0.2) is 291 Å². The first-order chi connectivity index (χ1) is 67.5. The summed E-state index contributed by atoms with van der Waals surface area (Å²) in [4.78, 5) is 105. The molecule has 0 spiro atoms. The van der Waals surface area contributed by atoms with Crippen LogP contribution in [0.3, 0.4) is 0 Å². The van der Waals surface area contributed by atoms with Crippen molar-refractivity contribution in [3.8, 4) is 5.75 Å². The number of carbonyl (C=O) groups excluding carboxylic acids is 6. The van der Waals surface area contributed by atoms with Crippen LogP contribution >= 0.6 is 0 Å². The summed E-state index contributed by atoms with van der Waals surface area (Å²) in [7, 11) is 1.70. The molecule has 0 amide bonds. The summed E-state index contributed by atoms with van der Waals surface area (Å²) in [5, 5.41) is 0. The van der Waals surface area contributed by atoms with E-state index >= 15 is 0 Å². The third kappa shape index (κ3) is 29.4. The van der Waals surface area contributed by atoms with Gasteiger partial charge in [0.05, 0.1) is 7.11 Å². The molecule has 0 bridgehead atoms. The predicted octanol–water partition coefficient (Wildman–Crippen LogP) is 17.6. The zero-order valence-corrected chi connectivity index (χ0v) is 79.4. The normalized spacial score (nSPS) is 13.4. The molecule has 139 heavy (non-hydrogen) atoms. The predicted molar refractivity (Wildman–Crippen MR) is 552 cm³/mol. The summed E-state index contributed by atoms with van der Waals surface area (Å²) in [6.07, 6.45) is 24.4. The van der Waals surface area contributed by atoms with Crippen LogP contribution in [0, 0.1) is 34.6 Å². The molecular weight excluding hydrogens is 1750 g/mol. The second-order valence-corrected chi connectivity index (χ2v) is 34.7. The maximum atomic E-state index is 11.1. The lowest BCUT2D eigenvalue weighted by Crippen LogP contribution is -2.19. The lowest BCUT2D eigenvalue weighted by Gasteiger charge is -2.20. The topological polar surface area (TPSA) is 343 Å². The Morgan fingerprint density at radius 2 is 0.468 bits per heavy atom. The van der Waals surface area contributed by atoms with Crippen molar-refractivity contribution in [2.75, 3.05) is 75.8 Å². The van der Waals surface area contributed by atoms with E-state index in [4.69, 9.17) is 40.1 Å². The molecule has 12 aromatic carbocycles. The lowest BCUT2D eigenvalue weighted by molar-refractivity contribution is -0.139. The molecule has 0 saturated carbocycles. The van der Waals surface area contributed by atoms with Gasteiger partial charge in [0, 0.05) is 149 Å². The van der Waals surface area contributed by atoms with Crippen molar-refractivity contribution in [1.29, 1.82) is 0 Å². The van der Waals surface area contributed by atoms with E-state index in [0.29, 0.717) is 0 Å². The number of nitrogens with two attached hydrogens (primary N) is 6. The van der Waals surface area contributed by atoms with Gasteiger partial charge in [0.25, 0.3) is 0 Å². The van der Waals surface area contributed by atoms with Crippen LogP contribution in [-0.4, -0.2) is 82.2 Å². The second-order valence-electron chi connectivity index (χ2n) is 34.7. The number of fused-ring (bicyclic) bond motifs is 6. The third-order valence-electron chi connectivity index (χ3n) is 24.7. The SMILES string of the molecule is COc1cc(CN2CCc3cc(/C=C/C(=O)ON)ccc32)ccc1C.Cc1ccc(CN2CCc3cc(/C=C/C(=O)ON)ccc32)cc1.Cc1ccc(CN2CCc3cc(/C=C/C(=O)ON)ccc32)cc1.Cc1ccc(CN2CCc3cc(/C=C/C(=O)ON)ccc32)cc1.Cc1cccc(CN2CCc3cc(/C=C/C(=O)ON)ccc32)c1.NOC(=O)/C=C/c1ccc2c(c1)CCN2Cc1ccccc1. The molecule has 25 nitrogen and oxygen atoms in total. The molecule has 6 heterocycles. The van der Waals surface area contributed by atoms with Crippen molar-refractivity contribution in [1.82, 2.24) is 0 Å². The Labute approximate surface area is 812 Å². The molecule has 714 valence electrons. The summed E-state index contributed by atoms with van der Waals surface area (Å²) >= 11 is 0. The average molecular weight is 1870 g/mol. The van der Waals surface area contributed by atoms with Gasteiger partial charge in [-0.1, -0.05) is 198 Å². The summed E-state index contributed by atoms with van der Waals surface area (Å²) in [5.41, 5.74) is 35.3. The van der Waals surface area contributed by atoms with Crippen molar-refractivity contribution >= 4 is 106 Å². The highest BCUT2D eigenvalue weighted by Gasteiger charge is 2.26. The first-order valence-electron chi connectivity index (χ1n) is 46.2. The largest absolute Gasteiger partial charge is 0.496 e. The highest BCUT2D eigenvalue weighted by molar-refractivity contribution is 5.90. The van der Waals surface area contributed by atoms with E-state index in [1.54, 1.807) is 43.6 Å². The minimum Gasteiger partial charge on any atom is -0.496 e. The summed E-state index contributed by atoms with van der Waals surface area (Å²) in [5.74, 6) is 26.5. The van der Waals surface area contributed by atoms with Gasteiger partial charge in [-0.2, -0.15) is 35.4 Å². The van der Waals surface area contributed by atoms with Gasteiger partial charge in [0.15, 0.2) is 0 Å². The van der Waals surface area contributed by atoms with Crippen molar-refractivity contribution in [2.45, 2.75) is 112 Å². The number of methoxy groups -OCH3 is 1. The van der Waals surface area contributed by atoms with Crippen LogP contribution < -0.4 is 69.5 Å². The first-order valence-corrected chi connectivity index (χ1v) is 46.2. The molecular formula is C114H120N12O13. The molecule has 18 rings (SSSR count). The number of nitrogens with zero attached hydrogens (tertiary/aromatic N) is 6. The fourth-order valence-electron chi connectivity index (χ4n) is 17.5. The molecule has 12 N–H and O–H groups in total. The molecule has 0 aliphatic carbocycles. The van der Waals surface area contributed by atoms with Crippen LogP contribution in [0.4, 0.5) is 34.1 Å². The Bertz CT molecular complexity index is 6170. The standard InChI is InChI=1S/C20H22N2O3.4C19H20N2O2.C18H18N2O2/c1-14-3-4-16(12-19(14)24-2)13-22-10-9-17-11-15(5-7-18(17)22)6-8-20(23)25-21;3*1-14-2-4-16(5-3-14)13-21-11-10-17-12-15(6-8-18(17)21)7-9-19(22)23-20;1-14-3-2-4-16(11-14)13-21-10-9-17-12-15(5-7-18(17)21)6-8-19(22)23-20;19-22-18(21)9-7-14-6-8-17-16(12-14)10-11-20(17)13-15-4-2-1-3-5-15/h3-8,11-12H,9-10,13,21H2,1-2H3;3*2-9,12H,10-11,13,20H2,1H3;2-8,11-12H,9-10,13,20H2,1H3;1-9,12H,10-11,13,19H2/b8-6+;3*9-7+;8-6+;9-7+. The summed E-state index contributed by atoms with van der Waals surface area (Å²) in [6, 6.07) is 88.8.